The SMILES string of the molecule is CC(C)NC(=NCC(=O)N(C)C)N1CCSC(C)(C)C1. The molecule has 1 aliphatic rings. The first kappa shape index (κ1) is 17.1. The molecule has 0 radical (unpaired) electrons. The Labute approximate surface area is 127 Å². The van der Waals surface area contributed by atoms with Crippen molar-refractivity contribution in [1.29, 1.82) is 0 Å². The van der Waals surface area contributed by atoms with E-state index >= 15 is 0 Å². The molecule has 0 spiro atoms. The first-order valence-electron chi connectivity index (χ1n) is 7.11. The molecule has 1 aliphatic heterocycles. The summed E-state index contributed by atoms with van der Waals surface area (Å²) < 4.78 is 0.225. The van der Waals surface area contributed by atoms with Crippen molar-refractivity contribution in [2.75, 3.05) is 39.5 Å². The van der Waals surface area contributed by atoms with E-state index in [0.717, 1.165) is 24.8 Å². The number of nitrogens with one attached hydrogen (secondary N) is 1. The highest BCUT2D eigenvalue weighted by Crippen LogP contribution is 2.29. The second-order valence-corrected chi connectivity index (χ2v) is 8.06. The standard InChI is InChI=1S/C14H28N4OS/c1-11(2)16-13(15-9-12(19)17(5)6)18-7-8-20-14(3,4)10-18/h11H,7-10H2,1-6H3,(H,15,16). The summed E-state index contributed by atoms with van der Waals surface area (Å²) in [7, 11) is 3.52. The van der Waals surface area contributed by atoms with E-state index in [1.165, 1.54) is 0 Å². The van der Waals surface area contributed by atoms with Crippen LogP contribution in [0.4, 0.5) is 0 Å². The van der Waals surface area contributed by atoms with Crippen LogP contribution in [0.5, 0.6) is 0 Å². The molecular weight excluding hydrogens is 272 g/mol. The number of carbonyl (C=O) groups is 1. The molecule has 0 aromatic rings. The van der Waals surface area contributed by atoms with Gasteiger partial charge in [0, 0.05) is 43.7 Å². The number of hydrogen-bond acceptors (Lipinski definition) is 3. The predicted octanol–water partition coefficient (Wildman–Crippen LogP) is 1.26. The van der Waals surface area contributed by atoms with Crippen molar-refractivity contribution in [1.82, 2.24) is 15.1 Å². The van der Waals surface area contributed by atoms with Gasteiger partial charge in [0.15, 0.2) is 5.96 Å². The Morgan fingerprint density at radius 2 is 2.10 bits per heavy atom. The number of aliphatic imine (C=N–C) groups is 1. The van der Waals surface area contributed by atoms with Crippen molar-refractivity contribution in [3.8, 4) is 0 Å². The average Bonchev–Trinajstić information content (AvgIpc) is 2.32. The van der Waals surface area contributed by atoms with Crippen molar-refractivity contribution in [2.45, 2.75) is 38.5 Å². The molecule has 5 nitrogen and oxygen atoms in total. The van der Waals surface area contributed by atoms with E-state index in [9.17, 15) is 4.79 Å². The third kappa shape index (κ3) is 5.61. The number of likely N-dealkylation sites (N-methyl/N-ethyl adjacent to an activating group) is 1. The van der Waals surface area contributed by atoms with Crippen LogP contribution in [-0.4, -0.2) is 71.9 Å². The molecule has 0 bridgehead atoms. The van der Waals surface area contributed by atoms with E-state index in [1.807, 2.05) is 11.8 Å². The lowest BCUT2D eigenvalue weighted by atomic mass is 10.2. The van der Waals surface area contributed by atoms with Gasteiger partial charge in [-0.25, -0.2) is 4.99 Å². The van der Waals surface area contributed by atoms with Crippen molar-refractivity contribution >= 4 is 23.6 Å². The number of thioether (sulfide) groups is 1. The number of nitrogens with zero attached hydrogens (tertiary/aromatic N) is 3. The third-order valence-corrected chi connectivity index (χ3v) is 4.30. The van der Waals surface area contributed by atoms with Crippen LogP contribution >= 0.6 is 11.8 Å². The van der Waals surface area contributed by atoms with Gasteiger partial charge < -0.3 is 15.1 Å². The molecule has 20 heavy (non-hydrogen) atoms. The Morgan fingerprint density at radius 1 is 1.45 bits per heavy atom. The molecule has 0 aromatic carbocycles. The van der Waals surface area contributed by atoms with Gasteiger partial charge in [-0.3, -0.25) is 4.79 Å². The van der Waals surface area contributed by atoms with Gasteiger partial charge in [-0.2, -0.15) is 11.8 Å². The van der Waals surface area contributed by atoms with E-state index in [-0.39, 0.29) is 17.2 Å². The van der Waals surface area contributed by atoms with Gasteiger partial charge in [0.2, 0.25) is 5.91 Å². The van der Waals surface area contributed by atoms with Crippen molar-refractivity contribution in [3.63, 3.8) is 0 Å². The van der Waals surface area contributed by atoms with Gasteiger partial charge in [-0.05, 0) is 27.7 Å². The van der Waals surface area contributed by atoms with Crippen LogP contribution in [0.15, 0.2) is 4.99 Å². The molecule has 1 rings (SSSR count). The number of carbonyl (C=O) groups excluding carboxylic acids is 1. The minimum absolute atomic E-state index is 0.0266. The highest BCUT2D eigenvalue weighted by Gasteiger charge is 2.29. The number of amides is 1. The minimum atomic E-state index is 0.0266. The van der Waals surface area contributed by atoms with Gasteiger partial charge >= 0.3 is 0 Å². The second-order valence-electron chi connectivity index (χ2n) is 6.26. The first-order chi connectivity index (χ1) is 9.21. The maximum atomic E-state index is 11.7. The predicted molar refractivity (Wildman–Crippen MR) is 87.4 cm³/mol. The summed E-state index contributed by atoms with van der Waals surface area (Å²) in [4.78, 5) is 20.1. The molecule has 116 valence electrons. The normalized spacial score (nSPS) is 19.1. The van der Waals surface area contributed by atoms with E-state index in [1.54, 1.807) is 19.0 Å². The fourth-order valence-corrected chi connectivity index (χ4v) is 3.09. The molecule has 6 heteroatoms. The van der Waals surface area contributed by atoms with E-state index in [4.69, 9.17) is 0 Å². The zero-order chi connectivity index (χ0) is 15.3. The molecule has 0 aliphatic carbocycles. The third-order valence-electron chi connectivity index (χ3n) is 3.01. The molecule has 0 unspecified atom stereocenters. The molecule has 1 fully saturated rings. The van der Waals surface area contributed by atoms with Crippen LogP contribution in [0.1, 0.15) is 27.7 Å². The van der Waals surface area contributed by atoms with E-state index in [0.29, 0.717) is 6.04 Å². The minimum Gasteiger partial charge on any atom is -0.354 e. The zero-order valence-corrected chi connectivity index (χ0v) is 14.4. The zero-order valence-electron chi connectivity index (χ0n) is 13.6. The Kier molecular flexibility index (Phi) is 6.17. The Hall–Kier alpha value is -0.910. The van der Waals surface area contributed by atoms with Crippen molar-refractivity contribution in [2.24, 2.45) is 4.99 Å². The monoisotopic (exact) mass is 300 g/mol. The highest BCUT2D eigenvalue weighted by molar-refractivity contribution is 8.00. The van der Waals surface area contributed by atoms with Crippen LogP contribution < -0.4 is 5.32 Å². The maximum absolute atomic E-state index is 11.7. The summed E-state index contributed by atoms with van der Waals surface area (Å²) in [5, 5.41) is 3.38. The highest BCUT2D eigenvalue weighted by atomic mass is 32.2. The number of rotatable bonds is 3. The lowest BCUT2D eigenvalue weighted by Crippen LogP contribution is -2.52. The molecule has 0 saturated carbocycles. The van der Waals surface area contributed by atoms with Crippen LogP contribution in [0.25, 0.3) is 0 Å². The van der Waals surface area contributed by atoms with Crippen LogP contribution in [0, 0.1) is 0 Å². The summed E-state index contributed by atoms with van der Waals surface area (Å²) in [5.41, 5.74) is 0. The second kappa shape index (κ2) is 7.20. The van der Waals surface area contributed by atoms with Gasteiger partial charge in [-0.15, -0.1) is 0 Å². The number of hydrogen-bond donors (Lipinski definition) is 1. The van der Waals surface area contributed by atoms with E-state index in [2.05, 4.69) is 42.9 Å². The lowest BCUT2D eigenvalue weighted by Gasteiger charge is -2.39. The van der Waals surface area contributed by atoms with Crippen LogP contribution in [0.2, 0.25) is 0 Å². The summed E-state index contributed by atoms with van der Waals surface area (Å²) >= 11 is 1.99. The summed E-state index contributed by atoms with van der Waals surface area (Å²) in [6.45, 7) is 10.8. The summed E-state index contributed by atoms with van der Waals surface area (Å²) in [5.74, 6) is 1.97. The smallest absolute Gasteiger partial charge is 0.243 e. The van der Waals surface area contributed by atoms with Crippen molar-refractivity contribution < 1.29 is 4.79 Å². The van der Waals surface area contributed by atoms with Crippen LogP contribution in [-0.2, 0) is 4.79 Å². The largest absolute Gasteiger partial charge is 0.354 e. The van der Waals surface area contributed by atoms with Crippen LogP contribution in [0.3, 0.4) is 0 Å². The fraction of sp³-hybridized carbons (Fsp3) is 0.857. The lowest BCUT2D eigenvalue weighted by molar-refractivity contribution is -0.127. The first-order valence-corrected chi connectivity index (χ1v) is 8.10. The molecule has 1 N–H and O–H groups in total. The van der Waals surface area contributed by atoms with Crippen molar-refractivity contribution in [3.05, 3.63) is 0 Å². The quantitative estimate of drug-likeness (QED) is 0.630. The summed E-state index contributed by atoms with van der Waals surface area (Å²) in [6.07, 6.45) is 0. The molecule has 1 amide bonds. The van der Waals surface area contributed by atoms with Gasteiger partial charge in [0.05, 0.1) is 0 Å². The summed E-state index contributed by atoms with van der Waals surface area (Å²) in [6, 6.07) is 0.306. The van der Waals surface area contributed by atoms with Gasteiger partial charge in [0.1, 0.15) is 6.54 Å². The Balaban J connectivity index is 2.77. The Morgan fingerprint density at radius 3 is 2.60 bits per heavy atom. The van der Waals surface area contributed by atoms with Gasteiger partial charge in [-0.1, -0.05) is 0 Å². The topological polar surface area (TPSA) is 47.9 Å². The van der Waals surface area contributed by atoms with E-state index < -0.39 is 0 Å². The molecule has 1 heterocycles. The molecule has 1 saturated heterocycles. The average molecular weight is 300 g/mol. The fourth-order valence-electron chi connectivity index (χ4n) is 1.98. The van der Waals surface area contributed by atoms with Gasteiger partial charge in [0.25, 0.3) is 0 Å². The number of guanidine groups is 1. The molecule has 0 atom stereocenters. The molecule has 0 aromatic heterocycles. The maximum Gasteiger partial charge on any atom is 0.243 e. The molecular formula is C14H28N4OS. The Bertz CT molecular complexity index is 366.